The molecule has 4 aliphatic carbocycles. The molecule has 0 aliphatic heterocycles. The van der Waals surface area contributed by atoms with Crippen LogP contribution in [0.3, 0.4) is 0 Å². The first-order valence-corrected chi connectivity index (χ1v) is 9.47. The molecule has 0 amide bonds. The van der Waals surface area contributed by atoms with Gasteiger partial charge in [0.25, 0.3) is 0 Å². The van der Waals surface area contributed by atoms with Crippen LogP contribution in [0.15, 0.2) is 11.1 Å². The first-order chi connectivity index (χ1) is 12.9. The van der Waals surface area contributed by atoms with Crippen molar-refractivity contribution in [1.82, 2.24) is 0 Å². The molecule has 20 radical (unpaired) electrons. The van der Waals surface area contributed by atoms with Crippen LogP contribution in [-0.2, 0) is 34.1 Å². The van der Waals surface area contributed by atoms with E-state index in [0.29, 0.717) is 0 Å². The van der Waals surface area contributed by atoms with E-state index in [0.717, 1.165) is 25.7 Å². The summed E-state index contributed by atoms with van der Waals surface area (Å²) in [6, 6.07) is 0. The quantitative estimate of drug-likeness (QED) is 0.433. The molecule has 0 bridgehead atoms. The van der Waals surface area contributed by atoms with Crippen LogP contribution in [0.25, 0.3) is 0 Å². The summed E-state index contributed by atoms with van der Waals surface area (Å²) in [5.41, 5.74) is 2.99. The fraction of sp³-hybridized carbons (Fsp3) is 0.154. The van der Waals surface area contributed by atoms with Crippen LogP contribution in [0, 0.1) is 126 Å². The number of rotatable bonds is 8. The van der Waals surface area contributed by atoms with Gasteiger partial charge in [0.15, 0.2) is 0 Å². The second kappa shape index (κ2) is 13.2. The van der Waals surface area contributed by atoms with Crippen molar-refractivity contribution in [2.75, 3.05) is 0 Å². The van der Waals surface area contributed by atoms with Crippen molar-refractivity contribution < 1.29 is 34.1 Å². The molecule has 144 valence electrons. The zero-order chi connectivity index (χ0) is 17.6. The van der Waals surface area contributed by atoms with Crippen LogP contribution in [0.1, 0.15) is 25.7 Å². The summed E-state index contributed by atoms with van der Waals surface area (Å²) < 4.78 is 0. The maximum absolute atomic E-state index is 2.26. The van der Waals surface area contributed by atoms with Gasteiger partial charge < -0.3 is 0 Å². The van der Waals surface area contributed by atoms with Crippen molar-refractivity contribution >= 4 is 0 Å². The molecular weight excluding hydrogens is 424 g/mol. The van der Waals surface area contributed by atoms with Gasteiger partial charge in [0.1, 0.15) is 0 Å². The van der Waals surface area contributed by atoms with E-state index >= 15 is 0 Å². The summed E-state index contributed by atoms with van der Waals surface area (Å²) in [6.07, 6.45) is 39.4. The van der Waals surface area contributed by atoms with Gasteiger partial charge in [-0.25, -0.2) is 0 Å². The molecule has 4 rings (SSSR count). The van der Waals surface area contributed by atoms with E-state index in [-0.39, 0.29) is 34.1 Å². The van der Waals surface area contributed by atoms with E-state index in [1.807, 2.05) is 0 Å². The second-order valence-corrected chi connectivity index (χ2v) is 6.89. The molecular formula is C26H24Fe2. The predicted octanol–water partition coefficient (Wildman–Crippen LogP) is 5.46. The van der Waals surface area contributed by atoms with E-state index in [1.54, 1.807) is 0 Å². The smallest absolute Gasteiger partial charge is 0.00824 e. The molecule has 0 spiro atoms. The molecule has 0 saturated heterocycles. The maximum atomic E-state index is 2.26. The minimum atomic E-state index is 0. The van der Waals surface area contributed by atoms with Crippen molar-refractivity contribution in [3.8, 4) is 0 Å². The zero-order valence-corrected chi connectivity index (χ0v) is 18.0. The van der Waals surface area contributed by atoms with E-state index in [1.165, 1.54) is 34.8 Å². The third-order valence-electron chi connectivity index (χ3n) is 5.18. The van der Waals surface area contributed by atoms with Gasteiger partial charge in [-0.05, 0) is 140 Å². The van der Waals surface area contributed by atoms with E-state index in [2.05, 4.69) is 103 Å². The number of hydrogen-bond acceptors (Lipinski definition) is 0. The van der Waals surface area contributed by atoms with Crippen LogP contribution in [0.2, 0.25) is 0 Å². The van der Waals surface area contributed by atoms with Crippen LogP contribution in [0.4, 0.5) is 0 Å². The molecule has 0 atom stereocenters. The molecule has 2 heteroatoms. The normalized spacial score (nSPS) is 25.7. The van der Waals surface area contributed by atoms with Crippen molar-refractivity contribution in [3.63, 3.8) is 0 Å². The average molecular weight is 448 g/mol. The second-order valence-electron chi connectivity index (χ2n) is 6.89. The molecule has 28 heavy (non-hydrogen) atoms. The SMILES string of the molecule is [CH]1[CH][CH][C](CC/C([C]2[CH][CH][CH][CH]2)=C(/CC[C]2[CH][CH][CH][CH]2)[C]2[CH][CH][CH][CH]2)[CH]1.[Fe].[Fe]. The summed E-state index contributed by atoms with van der Waals surface area (Å²) >= 11 is 0. The number of hydrogen-bond donors (Lipinski definition) is 0. The standard InChI is InChI=1S/C26H24.2Fe/c1-2-10-21(9-1)17-19-25(23-13-5-6-14-23)26(24-15-7-8-16-24)20-18-22-11-3-4-12-22;;/h1-16H,17-20H2;;/b26-25+;;. The Labute approximate surface area is 196 Å². The summed E-state index contributed by atoms with van der Waals surface area (Å²) in [6.45, 7) is 0. The maximum Gasteiger partial charge on any atom is 0.00824 e. The monoisotopic (exact) mass is 448 g/mol. The topological polar surface area (TPSA) is 0 Å². The first kappa shape index (κ1) is 25.0. The fourth-order valence-corrected chi connectivity index (χ4v) is 3.79. The van der Waals surface area contributed by atoms with E-state index in [4.69, 9.17) is 0 Å². The zero-order valence-electron chi connectivity index (χ0n) is 15.8. The third kappa shape index (κ3) is 6.90. The molecule has 4 fully saturated rings. The Morgan fingerprint density at radius 3 is 1.04 bits per heavy atom. The third-order valence-corrected chi connectivity index (χ3v) is 5.18. The Balaban J connectivity index is 0.00000140. The summed E-state index contributed by atoms with van der Waals surface area (Å²) in [5.74, 6) is 5.59. The minimum Gasteiger partial charge on any atom is -0.0627 e. The molecule has 0 aromatic heterocycles. The van der Waals surface area contributed by atoms with Gasteiger partial charge in [-0.2, -0.15) is 0 Å². The molecule has 0 unspecified atom stereocenters. The predicted molar refractivity (Wildman–Crippen MR) is 107 cm³/mol. The Hall–Kier alpha value is 0.779. The molecule has 4 saturated carbocycles. The summed E-state index contributed by atoms with van der Waals surface area (Å²) in [7, 11) is 0. The Morgan fingerprint density at radius 1 is 0.429 bits per heavy atom. The van der Waals surface area contributed by atoms with Gasteiger partial charge in [0, 0.05) is 46.0 Å². The minimum absolute atomic E-state index is 0. The van der Waals surface area contributed by atoms with Gasteiger partial charge in [-0.1, -0.05) is 11.1 Å². The van der Waals surface area contributed by atoms with Crippen LogP contribution >= 0.6 is 0 Å². The molecule has 0 nitrogen and oxygen atoms in total. The molecule has 0 aromatic rings. The Morgan fingerprint density at radius 2 is 0.714 bits per heavy atom. The van der Waals surface area contributed by atoms with Gasteiger partial charge in [0.2, 0.25) is 0 Å². The van der Waals surface area contributed by atoms with E-state index in [9.17, 15) is 0 Å². The Kier molecular flexibility index (Phi) is 11.8. The van der Waals surface area contributed by atoms with Crippen LogP contribution in [-0.4, -0.2) is 0 Å². The Bertz CT molecular complexity index is 403. The van der Waals surface area contributed by atoms with Crippen LogP contribution in [0.5, 0.6) is 0 Å². The summed E-state index contributed by atoms with van der Waals surface area (Å²) in [4.78, 5) is 0. The van der Waals surface area contributed by atoms with E-state index < -0.39 is 0 Å². The average Bonchev–Trinajstić information content (AvgIpc) is 3.46. The van der Waals surface area contributed by atoms with Crippen molar-refractivity contribution in [1.29, 1.82) is 0 Å². The van der Waals surface area contributed by atoms with Crippen molar-refractivity contribution in [2.24, 2.45) is 0 Å². The molecule has 0 N–H and O–H groups in total. The van der Waals surface area contributed by atoms with Gasteiger partial charge >= 0.3 is 0 Å². The molecule has 0 aromatic carbocycles. The van der Waals surface area contributed by atoms with Gasteiger partial charge in [-0.3, -0.25) is 0 Å². The fourth-order valence-electron chi connectivity index (χ4n) is 3.79. The van der Waals surface area contributed by atoms with Crippen molar-refractivity contribution in [3.05, 3.63) is 138 Å². The molecule has 0 heterocycles. The number of allylic oxidation sites excluding steroid dienone is 2. The van der Waals surface area contributed by atoms with Crippen LogP contribution < -0.4 is 0 Å². The first-order valence-electron chi connectivity index (χ1n) is 9.47. The largest absolute Gasteiger partial charge is 0.0627 e. The van der Waals surface area contributed by atoms with Gasteiger partial charge in [0.05, 0.1) is 0 Å². The van der Waals surface area contributed by atoms with Crippen molar-refractivity contribution in [2.45, 2.75) is 25.7 Å². The summed E-state index contributed by atoms with van der Waals surface area (Å²) in [5, 5.41) is 0. The molecule has 4 aliphatic rings. The van der Waals surface area contributed by atoms with Gasteiger partial charge in [-0.15, -0.1) is 0 Å².